The highest BCUT2D eigenvalue weighted by molar-refractivity contribution is 6.37. The Balaban J connectivity index is 2.52. The van der Waals surface area contributed by atoms with E-state index in [1.165, 1.54) is 0 Å². The summed E-state index contributed by atoms with van der Waals surface area (Å²) in [6, 6.07) is 11.5. The van der Waals surface area contributed by atoms with Gasteiger partial charge in [0.05, 0.1) is 12.1 Å². The molecule has 0 heterocycles. The highest BCUT2D eigenvalue weighted by Gasteiger charge is 2.12. The maximum Gasteiger partial charge on any atom is 0.119 e. The molecule has 2 aromatic carbocycles. The first-order valence-electron chi connectivity index (χ1n) is 5.98. The van der Waals surface area contributed by atoms with Gasteiger partial charge in [0.1, 0.15) is 5.75 Å². The molecule has 0 unspecified atom stereocenters. The second kappa shape index (κ2) is 6.29. The molecule has 19 heavy (non-hydrogen) atoms. The van der Waals surface area contributed by atoms with Gasteiger partial charge in [-0.15, -0.1) is 0 Å². The maximum atomic E-state index is 6.44. The van der Waals surface area contributed by atoms with Crippen LogP contribution in [0, 0.1) is 0 Å². The minimum atomic E-state index is 0.515. The number of methoxy groups -OCH3 is 1. The molecule has 0 aliphatic heterocycles. The number of hydrogen-bond acceptors (Lipinski definition) is 2. The van der Waals surface area contributed by atoms with Crippen molar-refractivity contribution in [2.45, 2.75) is 6.42 Å². The summed E-state index contributed by atoms with van der Waals surface area (Å²) in [5.74, 6) is 0.795. The van der Waals surface area contributed by atoms with E-state index in [2.05, 4.69) is 0 Å². The molecule has 0 fully saturated rings. The molecule has 0 amide bonds. The highest BCUT2D eigenvalue weighted by Crippen LogP contribution is 2.36. The quantitative estimate of drug-likeness (QED) is 0.919. The summed E-state index contributed by atoms with van der Waals surface area (Å²) in [6.45, 7) is 0.515. The summed E-state index contributed by atoms with van der Waals surface area (Å²) in [4.78, 5) is 0. The SMILES string of the molecule is COc1cccc(-c2ccc(Cl)c(CCN)c2Cl)c1. The van der Waals surface area contributed by atoms with Gasteiger partial charge in [-0.1, -0.05) is 41.4 Å². The number of ether oxygens (including phenoxy) is 1. The van der Waals surface area contributed by atoms with Crippen LogP contribution in [0.25, 0.3) is 11.1 Å². The third kappa shape index (κ3) is 3.03. The van der Waals surface area contributed by atoms with E-state index in [4.69, 9.17) is 33.7 Å². The van der Waals surface area contributed by atoms with Crippen LogP contribution in [-0.2, 0) is 6.42 Å². The van der Waals surface area contributed by atoms with Gasteiger partial charge in [-0.05, 0) is 42.3 Å². The lowest BCUT2D eigenvalue weighted by molar-refractivity contribution is 0.415. The molecule has 2 nitrogen and oxygen atoms in total. The first-order valence-corrected chi connectivity index (χ1v) is 6.74. The van der Waals surface area contributed by atoms with Crippen LogP contribution in [-0.4, -0.2) is 13.7 Å². The Labute approximate surface area is 123 Å². The average molecular weight is 296 g/mol. The number of hydrogen-bond donors (Lipinski definition) is 1. The average Bonchev–Trinajstić information content (AvgIpc) is 2.43. The maximum absolute atomic E-state index is 6.44. The molecule has 2 rings (SSSR count). The van der Waals surface area contributed by atoms with Crippen molar-refractivity contribution >= 4 is 23.2 Å². The fraction of sp³-hybridized carbons (Fsp3) is 0.200. The van der Waals surface area contributed by atoms with Crippen molar-refractivity contribution in [1.29, 1.82) is 0 Å². The monoisotopic (exact) mass is 295 g/mol. The van der Waals surface area contributed by atoms with E-state index in [-0.39, 0.29) is 0 Å². The van der Waals surface area contributed by atoms with Crippen LogP contribution in [0.3, 0.4) is 0 Å². The Kier molecular flexibility index (Phi) is 4.70. The van der Waals surface area contributed by atoms with Crippen LogP contribution in [0.2, 0.25) is 10.0 Å². The fourth-order valence-corrected chi connectivity index (χ4v) is 2.65. The molecule has 0 aliphatic carbocycles. The summed E-state index contributed by atoms with van der Waals surface area (Å²) < 4.78 is 5.23. The van der Waals surface area contributed by atoms with Gasteiger partial charge < -0.3 is 10.5 Å². The smallest absolute Gasteiger partial charge is 0.119 e. The predicted molar refractivity (Wildman–Crippen MR) is 81.2 cm³/mol. The van der Waals surface area contributed by atoms with Crippen LogP contribution in [0.1, 0.15) is 5.56 Å². The van der Waals surface area contributed by atoms with E-state index in [1.807, 2.05) is 36.4 Å². The minimum absolute atomic E-state index is 0.515. The second-order valence-corrected chi connectivity index (χ2v) is 4.94. The van der Waals surface area contributed by atoms with Crippen molar-refractivity contribution in [3.63, 3.8) is 0 Å². The van der Waals surface area contributed by atoms with Gasteiger partial charge in [-0.25, -0.2) is 0 Å². The molecule has 2 aromatic rings. The molecule has 0 aromatic heterocycles. The summed E-state index contributed by atoms with van der Waals surface area (Å²) in [5, 5.41) is 1.31. The Morgan fingerprint density at radius 1 is 1.16 bits per heavy atom. The van der Waals surface area contributed by atoms with Crippen LogP contribution in [0.5, 0.6) is 5.75 Å². The van der Waals surface area contributed by atoms with Crippen molar-refractivity contribution in [3.8, 4) is 16.9 Å². The lowest BCUT2D eigenvalue weighted by Crippen LogP contribution is -2.04. The van der Waals surface area contributed by atoms with Crippen LogP contribution < -0.4 is 10.5 Å². The van der Waals surface area contributed by atoms with Gasteiger partial charge in [0.15, 0.2) is 0 Å². The molecular formula is C15H15Cl2NO. The predicted octanol–water partition coefficient (Wildman–Crippen LogP) is 4.17. The molecule has 0 saturated carbocycles. The van der Waals surface area contributed by atoms with E-state index in [1.54, 1.807) is 7.11 Å². The minimum Gasteiger partial charge on any atom is -0.497 e. The lowest BCUT2D eigenvalue weighted by Gasteiger charge is -2.12. The molecule has 0 saturated heterocycles. The van der Waals surface area contributed by atoms with Crippen molar-refractivity contribution in [2.75, 3.05) is 13.7 Å². The topological polar surface area (TPSA) is 35.2 Å². The van der Waals surface area contributed by atoms with Gasteiger partial charge in [-0.3, -0.25) is 0 Å². The zero-order valence-corrected chi connectivity index (χ0v) is 12.1. The van der Waals surface area contributed by atoms with Gasteiger partial charge in [-0.2, -0.15) is 0 Å². The molecule has 4 heteroatoms. The van der Waals surface area contributed by atoms with E-state index in [9.17, 15) is 0 Å². The van der Waals surface area contributed by atoms with Crippen molar-refractivity contribution in [3.05, 3.63) is 52.0 Å². The number of benzene rings is 2. The third-order valence-electron chi connectivity index (χ3n) is 2.96. The first-order chi connectivity index (χ1) is 9.17. The number of nitrogens with two attached hydrogens (primary N) is 1. The summed E-state index contributed by atoms with van der Waals surface area (Å²) >= 11 is 12.6. The van der Waals surface area contributed by atoms with E-state index < -0.39 is 0 Å². The van der Waals surface area contributed by atoms with Crippen LogP contribution in [0.15, 0.2) is 36.4 Å². The Hall–Kier alpha value is -1.22. The highest BCUT2D eigenvalue weighted by atomic mass is 35.5. The van der Waals surface area contributed by atoms with Crippen LogP contribution in [0.4, 0.5) is 0 Å². The van der Waals surface area contributed by atoms with Gasteiger partial charge in [0, 0.05) is 10.6 Å². The standard InChI is InChI=1S/C15H15Cl2NO/c1-19-11-4-2-3-10(9-11)12-5-6-14(16)13(7-8-18)15(12)17/h2-6,9H,7-8,18H2,1H3. The largest absolute Gasteiger partial charge is 0.497 e. The molecule has 100 valence electrons. The van der Waals surface area contributed by atoms with Gasteiger partial charge >= 0.3 is 0 Å². The zero-order chi connectivity index (χ0) is 13.8. The third-order valence-corrected chi connectivity index (χ3v) is 3.75. The lowest BCUT2D eigenvalue weighted by atomic mass is 10.0. The molecule has 0 bridgehead atoms. The summed E-state index contributed by atoms with van der Waals surface area (Å²) in [6.07, 6.45) is 0.662. The molecule has 0 aliphatic rings. The normalized spacial score (nSPS) is 10.5. The number of halogens is 2. The number of rotatable bonds is 4. The molecular weight excluding hydrogens is 281 g/mol. The van der Waals surface area contributed by atoms with Crippen LogP contribution >= 0.6 is 23.2 Å². The molecule has 0 radical (unpaired) electrons. The molecule has 2 N–H and O–H groups in total. The van der Waals surface area contributed by atoms with Gasteiger partial charge in [0.25, 0.3) is 0 Å². The summed E-state index contributed by atoms with van der Waals surface area (Å²) in [5.41, 5.74) is 8.43. The van der Waals surface area contributed by atoms with Crippen molar-refractivity contribution in [2.24, 2.45) is 5.73 Å². The first kappa shape index (κ1) is 14.2. The van der Waals surface area contributed by atoms with E-state index in [0.29, 0.717) is 23.0 Å². The van der Waals surface area contributed by atoms with Crippen molar-refractivity contribution < 1.29 is 4.74 Å². The fourth-order valence-electron chi connectivity index (χ4n) is 1.98. The zero-order valence-electron chi connectivity index (χ0n) is 10.6. The Morgan fingerprint density at radius 3 is 2.63 bits per heavy atom. The molecule has 0 atom stereocenters. The summed E-state index contributed by atoms with van der Waals surface area (Å²) in [7, 11) is 1.64. The van der Waals surface area contributed by atoms with E-state index >= 15 is 0 Å². The molecule has 0 spiro atoms. The van der Waals surface area contributed by atoms with E-state index in [0.717, 1.165) is 22.4 Å². The second-order valence-electron chi connectivity index (χ2n) is 4.16. The van der Waals surface area contributed by atoms with Gasteiger partial charge in [0.2, 0.25) is 0 Å². The van der Waals surface area contributed by atoms with Crippen molar-refractivity contribution in [1.82, 2.24) is 0 Å². The Morgan fingerprint density at radius 2 is 1.95 bits per heavy atom. The Bertz CT molecular complexity index is 584.